The van der Waals surface area contributed by atoms with Crippen molar-refractivity contribution >= 4 is 38.8 Å². The van der Waals surface area contributed by atoms with E-state index in [4.69, 9.17) is 0 Å². The van der Waals surface area contributed by atoms with Crippen LogP contribution in [0.3, 0.4) is 0 Å². The molecule has 2 aromatic carbocycles. The Balaban J connectivity index is 1.54. The lowest BCUT2D eigenvalue weighted by Crippen LogP contribution is -2.29. The van der Waals surface area contributed by atoms with Gasteiger partial charge >= 0.3 is 0 Å². The molecule has 1 saturated heterocycles. The van der Waals surface area contributed by atoms with Crippen molar-refractivity contribution in [3.05, 3.63) is 70.9 Å². The molecule has 0 atom stereocenters. The summed E-state index contributed by atoms with van der Waals surface area (Å²) < 4.78 is 0. The smallest absolute Gasteiger partial charge is 0.276 e. The van der Waals surface area contributed by atoms with Gasteiger partial charge in [-0.2, -0.15) is 5.10 Å². The van der Waals surface area contributed by atoms with E-state index >= 15 is 0 Å². The number of rotatable bonds is 3. The number of hydrogen-bond donors (Lipinski definition) is 2. The van der Waals surface area contributed by atoms with Crippen LogP contribution in [0.1, 0.15) is 29.8 Å². The molecule has 2 aromatic heterocycles. The number of anilines is 2. The highest BCUT2D eigenvalue weighted by Crippen LogP contribution is 2.33. The Kier molecular flexibility index (Phi) is 4.63. The molecule has 4 aromatic rings. The molecule has 30 heavy (non-hydrogen) atoms. The van der Waals surface area contributed by atoms with Crippen LogP contribution in [0, 0.1) is 0 Å². The topological polar surface area (TPSA) is 91.0 Å². The predicted octanol–water partition coefficient (Wildman–Crippen LogP) is 3.71. The van der Waals surface area contributed by atoms with E-state index < -0.39 is 0 Å². The first kappa shape index (κ1) is 18.3. The number of carbonyl (C=O) groups excluding carboxylic acids is 1. The Bertz CT molecular complexity index is 1310. The van der Waals surface area contributed by atoms with E-state index in [-0.39, 0.29) is 17.2 Å². The fraction of sp³-hybridized carbons (Fsp3) is 0.217. The molecule has 5 rings (SSSR count). The average Bonchev–Trinajstić information content (AvgIpc) is 2.80. The van der Waals surface area contributed by atoms with Crippen molar-refractivity contribution in [2.24, 2.45) is 0 Å². The molecule has 1 aliphatic heterocycles. The van der Waals surface area contributed by atoms with Crippen molar-refractivity contribution in [2.45, 2.75) is 19.3 Å². The van der Waals surface area contributed by atoms with Crippen LogP contribution in [-0.2, 0) is 0 Å². The lowest BCUT2D eigenvalue weighted by Gasteiger charge is -2.30. The van der Waals surface area contributed by atoms with Crippen LogP contribution in [0.2, 0.25) is 0 Å². The van der Waals surface area contributed by atoms with Crippen molar-refractivity contribution in [2.75, 3.05) is 23.3 Å². The van der Waals surface area contributed by atoms with Gasteiger partial charge in [-0.1, -0.05) is 18.2 Å². The van der Waals surface area contributed by atoms with E-state index in [1.807, 2.05) is 12.1 Å². The van der Waals surface area contributed by atoms with Crippen LogP contribution in [0.5, 0.6) is 0 Å². The number of amides is 1. The highest BCUT2D eigenvalue weighted by Gasteiger charge is 2.18. The van der Waals surface area contributed by atoms with Gasteiger partial charge in [-0.25, -0.2) is 5.10 Å². The first-order valence-corrected chi connectivity index (χ1v) is 10.1. The first-order chi connectivity index (χ1) is 14.7. The Morgan fingerprint density at radius 3 is 2.57 bits per heavy atom. The number of H-pyrrole nitrogens is 1. The molecule has 0 spiro atoms. The molecule has 1 aliphatic rings. The zero-order valence-corrected chi connectivity index (χ0v) is 16.4. The SMILES string of the molecule is O=C(Nc1ccc(N2CCCCC2)c2ccncc12)c1n[nH]c(=O)c2ccccc12. The van der Waals surface area contributed by atoms with Crippen molar-refractivity contribution in [3.8, 4) is 0 Å². The van der Waals surface area contributed by atoms with Gasteiger partial charge in [0.05, 0.1) is 11.1 Å². The molecule has 0 aliphatic carbocycles. The fourth-order valence-electron chi connectivity index (χ4n) is 4.16. The summed E-state index contributed by atoms with van der Waals surface area (Å²) >= 11 is 0. The van der Waals surface area contributed by atoms with Gasteiger partial charge in [0.15, 0.2) is 5.69 Å². The summed E-state index contributed by atoms with van der Waals surface area (Å²) in [5.41, 5.74) is 1.70. The third-order valence-corrected chi connectivity index (χ3v) is 5.65. The van der Waals surface area contributed by atoms with Gasteiger partial charge in [0.1, 0.15) is 0 Å². The summed E-state index contributed by atoms with van der Waals surface area (Å²) in [6.45, 7) is 2.08. The second kappa shape index (κ2) is 7.59. The maximum atomic E-state index is 13.0. The van der Waals surface area contributed by atoms with E-state index in [0.717, 1.165) is 29.5 Å². The van der Waals surface area contributed by atoms with Gasteiger partial charge in [-0.15, -0.1) is 0 Å². The van der Waals surface area contributed by atoms with E-state index in [9.17, 15) is 9.59 Å². The van der Waals surface area contributed by atoms with E-state index in [1.165, 1.54) is 19.3 Å². The normalized spacial score (nSPS) is 14.2. The van der Waals surface area contributed by atoms with E-state index in [0.29, 0.717) is 16.5 Å². The lowest BCUT2D eigenvalue weighted by atomic mass is 10.0. The number of aromatic nitrogens is 3. The van der Waals surface area contributed by atoms with Crippen LogP contribution >= 0.6 is 0 Å². The minimum atomic E-state index is -0.377. The molecule has 0 radical (unpaired) electrons. The van der Waals surface area contributed by atoms with Gasteiger partial charge in [0.2, 0.25) is 0 Å². The van der Waals surface area contributed by atoms with Crippen molar-refractivity contribution in [1.29, 1.82) is 0 Å². The van der Waals surface area contributed by atoms with E-state index in [2.05, 4.69) is 31.5 Å². The van der Waals surface area contributed by atoms with Crippen LogP contribution < -0.4 is 15.8 Å². The van der Waals surface area contributed by atoms with Crippen molar-refractivity contribution in [1.82, 2.24) is 15.2 Å². The quantitative estimate of drug-likeness (QED) is 0.548. The average molecular weight is 399 g/mol. The van der Waals surface area contributed by atoms with Crippen molar-refractivity contribution < 1.29 is 4.79 Å². The standard InChI is InChI=1S/C23H21N5O2/c29-22-17-7-3-2-6-16(17)21(26-27-22)23(30)25-19-8-9-20(28-12-4-1-5-13-28)15-10-11-24-14-18(15)19/h2-3,6-11,14H,1,4-5,12-13H2,(H,25,30)(H,27,29). The third kappa shape index (κ3) is 3.18. The Morgan fingerprint density at radius 1 is 0.933 bits per heavy atom. The van der Waals surface area contributed by atoms with Crippen molar-refractivity contribution in [3.63, 3.8) is 0 Å². The first-order valence-electron chi connectivity index (χ1n) is 10.1. The van der Waals surface area contributed by atoms with Crippen LogP contribution in [0.4, 0.5) is 11.4 Å². The molecule has 0 bridgehead atoms. The minimum absolute atomic E-state index is 0.183. The monoisotopic (exact) mass is 399 g/mol. The predicted molar refractivity (Wildman–Crippen MR) is 118 cm³/mol. The van der Waals surface area contributed by atoms with Crippen LogP contribution in [0.15, 0.2) is 59.7 Å². The molecule has 150 valence electrons. The summed E-state index contributed by atoms with van der Waals surface area (Å²) in [6.07, 6.45) is 7.20. The Labute approximate surface area is 172 Å². The largest absolute Gasteiger partial charge is 0.371 e. The Hall–Kier alpha value is -3.74. The molecule has 1 amide bonds. The number of fused-ring (bicyclic) bond motifs is 2. The second-order valence-electron chi connectivity index (χ2n) is 7.50. The summed E-state index contributed by atoms with van der Waals surface area (Å²) in [5.74, 6) is -0.377. The number of nitrogens with one attached hydrogen (secondary N) is 2. The molecule has 7 nitrogen and oxygen atoms in total. The molecule has 0 unspecified atom stereocenters. The number of aromatic amines is 1. The highest BCUT2D eigenvalue weighted by molar-refractivity contribution is 6.14. The van der Waals surface area contributed by atoms with Crippen LogP contribution in [-0.4, -0.2) is 34.2 Å². The van der Waals surface area contributed by atoms with Gasteiger partial charge in [-0.3, -0.25) is 14.6 Å². The number of hydrogen-bond acceptors (Lipinski definition) is 5. The summed E-state index contributed by atoms with van der Waals surface area (Å²) in [7, 11) is 0. The third-order valence-electron chi connectivity index (χ3n) is 5.65. The van der Waals surface area contributed by atoms with Gasteiger partial charge in [-0.05, 0) is 43.5 Å². The molecule has 0 saturated carbocycles. The fourth-order valence-corrected chi connectivity index (χ4v) is 4.16. The summed E-state index contributed by atoms with van der Waals surface area (Å²) in [5, 5.41) is 12.3. The van der Waals surface area contributed by atoms with Gasteiger partial charge in [0, 0.05) is 47.3 Å². The van der Waals surface area contributed by atoms with Crippen LogP contribution in [0.25, 0.3) is 21.5 Å². The maximum Gasteiger partial charge on any atom is 0.276 e. The van der Waals surface area contributed by atoms with Gasteiger partial charge < -0.3 is 10.2 Å². The maximum absolute atomic E-state index is 13.0. The van der Waals surface area contributed by atoms with Gasteiger partial charge in [0.25, 0.3) is 11.5 Å². The molecular weight excluding hydrogens is 378 g/mol. The minimum Gasteiger partial charge on any atom is -0.371 e. The zero-order chi connectivity index (χ0) is 20.5. The molecule has 7 heteroatoms. The number of nitrogens with zero attached hydrogens (tertiary/aromatic N) is 3. The summed E-state index contributed by atoms with van der Waals surface area (Å²) in [4.78, 5) is 31.7. The van der Waals surface area contributed by atoms with E-state index in [1.54, 1.807) is 36.7 Å². The molecule has 3 heterocycles. The highest BCUT2D eigenvalue weighted by atomic mass is 16.2. The second-order valence-corrected chi connectivity index (χ2v) is 7.50. The number of pyridine rings is 1. The lowest BCUT2D eigenvalue weighted by molar-refractivity contribution is 0.102. The Morgan fingerprint density at radius 2 is 1.73 bits per heavy atom. The summed E-state index contributed by atoms with van der Waals surface area (Å²) in [6, 6.07) is 12.9. The number of benzene rings is 2. The molecule has 1 fully saturated rings. The molecule has 2 N–H and O–H groups in total. The molecular formula is C23H21N5O2. The zero-order valence-electron chi connectivity index (χ0n) is 16.4. The number of piperidine rings is 1. The number of carbonyl (C=O) groups is 1.